The van der Waals surface area contributed by atoms with Gasteiger partial charge in [0.25, 0.3) is 0 Å². The zero-order chi connectivity index (χ0) is 12.7. The first-order valence-corrected chi connectivity index (χ1v) is 4.75. The SMILES string of the molecule is C[CH-][C@H](C)C1CCCC1.[C-]#[O+].[C-]#[O+].[C-]#[O+].[Mo+2]. The van der Waals surface area contributed by atoms with Crippen LogP contribution in [0.3, 0.4) is 0 Å². The molecule has 4 heteroatoms. The van der Waals surface area contributed by atoms with Crippen LogP contribution in [0.1, 0.15) is 39.5 Å². The molecule has 1 fully saturated rings. The van der Waals surface area contributed by atoms with Crippen molar-refractivity contribution in [2.24, 2.45) is 11.8 Å². The third-order valence-corrected chi connectivity index (χ3v) is 2.67. The van der Waals surface area contributed by atoms with Gasteiger partial charge in [0.1, 0.15) is 0 Å². The topological polar surface area (TPSA) is 59.7 Å². The minimum atomic E-state index is 0. The summed E-state index contributed by atoms with van der Waals surface area (Å²) in [4.78, 5) is 0. The molecule has 0 bridgehead atoms. The van der Waals surface area contributed by atoms with Crippen molar-refractivity contribution in [3.05, 3.63) is 26.4 Å². The summed E-state index contributed by atoms with van der Waals surface area (Å²) in [5.41, 5.74) is 0. The molecule has 88 valence electrons. The maximum atomic E-state index is 7.50. The predicted molar refractivity (Wildman–Crippen MR) is 52.9 cm³/mol. The molecule has 0 N–H and O–H groups in total. The van der Waals surface area contributed by atoms with Crippen LogP contribution in [0.15, 0.2) is 0 Å². The quantitative estimate of drug-likeness (QED) is 0.428. The van der Waals surface area contributed by atoms with Crippen molar-refractivity contribution >= 4 is 0 Å². The molecule has 1 atom stereocenters. The van der Waals surface area contributed by atoms with Gasteiger partial charge in [0.2, 0.25) is 0 Å². The van der Waals surface area contributed by atoms with Crippen molar-refractivity contribution in [2.45, 2.75) is 39.5 Å². The Morgan fingerprint density at radius 2 is 1.31 bits per heavy atom. The zero-order valence-corrected chi connectivity index (χ0v) is 11.7. The van der Waals surface area contributed by atoms with Crippen LogP contribution in [0.2, 0.25) is 0 Å². The van der Waals surface area contributed by atoms with Crippen molar-refractivity contribution < 1.29 is 35.0 Å². The molecule has 1 rings (SSSR count). The number of hydrogen-bond donors (Lipinski definition) is 0. The van der Waals surface area contributed by atoms with E-state index < -0.39 is 0 Å². The van der Waals surface area contributed by atoms with E-state index in [2.05, 4.69) is 40.2 Å². The molecule has 3 nitrogen and oxygen atoms in total. The average Bonchev–Trinajstić information content (AvgIpc) is 2.89. The average molecular weight is 305 g/mol. The van der Waals surface area contributed by atoms with Crippen molar-refractivity contribution in [3.63, 3.8) is 0 Å². The summed E-state index contributed by atoms with van der Waals surface area (Å²) in [6, 6.07) is 0. The van der Waals surface area contributed by atoms with Gasteiger partial charge in [-0.25, -0.2) is 0 Å². The van der Waals surface area contributed by atoms with E-state index in [1.165, 1.54) is 25.7 Å². The first-order valence-electron chi connectivity index (χ1n) is 4.75. The molecule has 0 aromatic rings. The molecule has 0 aromatic carbocycles. The second kappa shape index (κ2) is 24.2. The van der Waals surface area contributed by atoms with E-state index in [9.17, 15) is 0 Å². The number of hydrogen-bond acceptors (Lipinski definition) is 0. The minimum absolute atomic E-state index is 0. The van der Waals surface area contributed by atoms with Gasteiger partial charge >= 0.3 is 55.0 Å². The summed E-state index contributed by atoms with van der Waals surface area (Å²) in [6.45, 7) is 18.0. The Bertz CT molecular complexity index is 155. The minimum Gasteiger partial charge on any atom is 2.00 e. The van der Waals surface area contributed by atoms with Crippen LogP contribution in [0.25, 0.3) is 0 Å². The first-order chi connectivity index (χ1) is 7.34. The molecule has 1 aliphatic rings. The number of rotatable bonds is 2. The third-order valence-electron chi connectivity index (χ3n) is 2.67. The van der Waals surface area contributed by atoms with Crippen LogP contribution in [0, 0.1) is 38.2 Å². The van der Waals surface area contributed by atoms with Gasteiger partial charge in [-0.15, -0.1) is 0 Å². The van der Waals surface area contributed by atoms with E-state index in [0.717, 1.165) is 11.8 Å². The monoisotopic (exact) mass is 307 g/mol. The van der Waals surface area contributed by atoms with Gasteiger partial charge in [0.05, 0.1) is 0 Å². The van der Waals surface area contributed by atoms with Crippen molar-refractivity contribution in [2.75, 3.05) is 0 Å². The van der Waals surface area contributed by atoms with E-state index in [4.69, 9.17) is 14.0 Å². The summed E-state index contributed by atoms with van der Waals surface area (Å²) in [6.07, 6.45) is 8.25. The van der Waals surface area contributed by atoms with E-state index in [-0.39, 0.29) is 21.1 Å². The van der Waals surface area contributed by atoms with Crippen molar-refractivity contribution in [3.8, 4) is 0 Å². The standard InChI is InChI=1S/C9H17.3CO.Mo/c1-3-8(2)9-6-4-5-7-9;3*1-2;/h3,8-9H,4-7H2,1-2H3;;;;/q-1;;;;+2/t8-;;;;/m0..../s1. The molecule has 0 radical (unpaired) electrons. The maximum Gasteiger partial charge on any atom is 2.00 e. The van der Waals surface area contributed by atoms with Gasteiger partial charge in [0, 0.05) is 0 Å². The zero-order valence-electron chi connectivity index (χ0n) is 9.69. The molecule has 0 aliphatic heterocycles. The molecule has 0 amide bonds. The fraction of sp³-hybridized carbons (Fsp3) is 0.667. The molecule has 0 heterocycles. The van der Waals surface area contributed by atoms with Crippen molar-refractivity contribution in [1.82, 2.24) is 0 Å². The normalized spacial score (nSPS) is 14.2. The van der Waals surface area contributed by atoms with Gasteiger partial charge in [-0.1, -0.05) is 38.5 Å². The molecule has 16 heavy (non-hydrogen) atoms. The second-order valence-corrected chi connectivity index (χ2v) is 3.24. The van der Waals surface area contributed by atoms with Crippen molar-refractivity contribution in [1.29, 1.82) is 0 Å². The van der Waals surface area contributed by atoms with Crippen LogP contribution in [-0.4, -0.2) is 0 Å². The summed E-state index contributed by atoms with van der Waals surface area (Å²) >= 11 is 0. The second-order valence-electron chi connectivity index (χ2n) is 3.24. The van der Waals surface area contributed by atoms with E-state index in [1.807, 2.05) is 0 Å². The van der Waals surface area contributed by atoms with Gasteiger partial charge in [-0.2, -0.15) is 12.8 Å². The Balaban J connectivity index is -0.0000000900. The van der Waals surface area contributed by atoms with Gasteiger partial charge < -0.3 is 6.42 Å². The molecule has 0 aromatic heterocycles. The van der Waals surface area contributed by atoms with Crippen LogP contribution >= 0.6 is 0 Å². The predicted octanol–water partition coefficient (Wildman–Crippen LogP) is 2.92. The van der Waals surface area contributed by atoms with Gasteiger partial charge in [-0.3, -0.25) is 0 Å². The Hall–Kier alpha value is -0.0917. The summed E-state index contributed by atoms with van der Waals surface area (Å²) in [5, 5.41) is 0. The molecule has 0 saturated heterocycles. The van der Waals surface area contributed by atoms with E-state index in [0.29, 0.717) is 0 Å². The molecular weight excluding hydrogens is 288 g/mol. The van der Waals surface area contributed by atoms with Gasteiger partial charge in [0.15, 0.2) is 0 Å². The van der Waals surface area contributed by atoms with Crippen LogP contribution in [0.4, 0.5) is 0 Å². The fourth-order valence-corrected chi connectivity index (χ4v) is 1.76. The Morgan fingerprint density at radius 1 is 1.00 bits per heavy atom. The first kappa shape index (κ1) is 24.9. The van der Waals surface area contributed by atoms with Crippen LogP contribution in [-0.2, 0) is 35.0 Å². The smallest absolute Gasteiger partial charge is 2.00 e. The molecule has 0 unspecified atom stereocenters. The van der Waals surface area contributed by atoms with E-state index >= 15 is 0 Å². The molecule has 1 saturated carbocycles. The fourth-order valence-electron chi connectivity index (χ4n) is 1.76. The summed E-state index contributed by atoms with van der Waals surface area (Å²) in [5.74, 6) is 1.89. The third kappa shape index (κ3) is 13.9. The Kier molecular flexibility index (Phi) is 37.8. The summed E-state index contributed by atoms with van der Waals surface area (Å²) in [7, 11) is 0. The maximum absolute atomic E-state index is 7.50. The Morgan fingerprint density at radius 3 is 1.56 bits per heavy atom. The van der Waals surface area contributed by atoms with Gasteiger partial charge in [-0.05, 0) is 0 Å². The molecular formula is C12H17MoO3+. The summed E-state index contributed by atoms with van der Waals surface area (Å²) < 4.78 is 22.5. The van der Waals surface area contributed by atoms with Crippen LogP contribution < -0.4 is 0 Å². The molecule has 1 aliphatic carbocycles. The molecule has 0 spiro atoms. The largest absolute Gasteiger partial charge is 2.00 e. The van der Waals surface area contributed by atoms with Crippen LogP contribution in [0.5, 0.6) is 0 Å². The van der Waals surface area contributed by atoms with E-state index in [1.54, 1.807) is 0 Å². The Labute approximate surface area is 113 Å².